The van der Waals surface area contributed by atoms with E-state index >= 15 is 0 Å². The van der Waals surface area contributed by atoms with Crippen molar-refractivity contribution in [3.63, 3.8) is 0 Å². The maximum atomic E-state index is 6.04. The van der Waals surface area contributed by atoms with Gasteiger partial charge >= 0.3 is 0 Å². The van der Waals surface area contributed by atoms with Crippen molar-refractivity contribution in [3.8, 4) is 0 Å². The van der Waals surface area contributed by atoms with E-state index in [0.717, 1.165) is 6.61 Å². The molecule has 0 spiro atoms. The number of hydrogen-bond donors (Lipinski definition) is 1. The number of rotatable bonds is 3. The minimum Gasteiger partial charge on any atom is -0.376 e. The van der Waals surface area contributed by atoms with Crippen molar-refractivity contribution < 1.29 is 4.74 Å². The van der Waals surface area contributed by atoms with E-state index in [0.29, 0.717) is 5.92 Å². The van der Waals surface area contributed by atoms with Crippen LogP contribution in [0.5, 0.6) is 0 Å². The van der Waals surface area contributed by atoms with Crippen LogP contribution in [0.4, 0.5) is 0 Å². The zero-order valence-electron chi connectivity index (χ0n) is 12.9. The van der Waals surface area contributed by atoms with Crippen molar-refractivity contribution in [2.75, 3.05) is 13.7 Å². The molecule has 0 radical (unpaired) electrons. The lowest BCUT2D eigenvalue weighted by Gasteiger charge is -2.27. The standard InChI is InChI=1S/C19H23NO/c1-12-10-11-21-19(12)18(20-2)16-9-8-14-7-6-13-4-3-5-15(16)17(13)14/h3-5,8-9,12,18-20H,6-7,10-11H2,1-2H3. The van der Waals surface area contributed by atoms with Gasteiger partial charge in [0, 0.05) is 6.61 Å². The zero-order valence-corrected chi connectivity index (χ0v) is 12.9. The third-order valence-corrected chi connectivity index (χ3v) is 5.33. The van der Waals surface area contributed by atoms with Gasteiger partial charge in [0.1, 0.15) is 0 Å². The van der Waals surface area contributed by atoms with Gasteiger partial charge in [-0.15, -0.1) is 0 Å². The minimum absolute atomic E-state index is 0.285. The first-order chi connectivity index (χ1) is 10.3. The van der Waals surface area contributed by atoms with Crippen LogP contribution in [0.2, 0.25) is 0 Å². The van der Waals surface area contributed by atoms with Crippen LogP contribution >= 0.6 is 0 Å². The normalized spacial score (nSPS) is 25.6. The summed E-state index contributed by atoms with van der Waals surface area (Å²) in [5, 5.41) is 6.44. The molecule has 2 aromatic rings. The van der Waals surface area contributed by atoms with Gasteiger partial charge in [-0.25, -0.2) is 0 Å². The summed E-state index contributed by atoms with van der Waals surface area (Å²) in [6.07, 6.45) is 3.84. The number of likely N-dealkylation sites (N-methyl/N-ethyl adjacent to an activating group) is 1. The fourth-order valence-corrected chi connectivity index (χ4v) is 4.18. The molecule has 1 fully saturated rings. The molecule has 1 aliphatic carbocycles. The molecule has 2 nitrogen and oxygen atoms in total. The quantitative estimate of drug-likeness (QED) is 0.927. The van der Waals surface area contributed by atoms with Gasteiger partial charge in [0.25, 0.3) is 0 Å². The van der Waals surface area contributed by atoms with Gasteiger partial charge in [-0.2, -0.15) is 0 Å². The predicted molar refractivity (Wildman–Crippen MR) is 86.7 cm³/mol. The van der Waals surface area contributed by atoms with Crippen LogP contribution in [-0.4, -0.2) is 19.8 Å². The van der Waals surface area contributed by atoms with Gasteiger partial charge in [-0.3, -0.25) is 0 Å². The highest BCUT2D eigenvalue weighted by molar-refractivity contribution is 5.93. The Morgan fingerprint density at radius 3 is 2.67 bits per heavy atom. The van der Waals surface area contributed by atoms with Crippen LogP contribution in [0, 0.1) is 5.92 Å². The van der Waals surface area contributed by atoms with E-state index in [9.17, 15) is 0 Å². The van der Waals surface area contributed by atoms with E-state index in [1.54, 1.807) is 0 Å². The number of aryl methyl sites for hydroxylation is 2. The van der Waals surface area contributed by atoms with E-state index in [1.807, 2.05) is 0 Å². The Hall–Kier alpha value is -1.38. The molecule has 4 rings (SSSR count). The summed E-state index contributed by atoms with van der Waals surface area (Å²) in [7, 11) is 2.06. The highest BCUT2D eigenvalue weighted by Gasteiger charge is 2.33. The molecular weight excluding hydrogens is 258 g/mol. The Morgan fingerprint density at radius 2 is 1.95 bits per heavy atom. The van der Waals surface area contributed by atoms with Crippen molar-refractivity contribution in [1.82, 2.24) is 5.32 Å². The molecule has 1 aliphatic heterocycles. The molecule has 1 saturated heterocycles. The highest BCUT2D eigenvalue weighted by Crippen LogP contribution is 2.38. The van der Waals surface area contributed by atoms with Crippen LogP contribution in [0.15, 0.2) is 30.3 Å². The number of benzene rings is 2. The number of ether oxygens (including phenoxy) is 1. The van der Waals surface area contributed by atoms with Gasteiger partial charge in [-0.1, -0.05) is 37.3 Å². The van der Waals surface area contributed by atoms with Gasteiger partial charge in [0.15, 0.2) is 0 Å². The van der Waals surface area contributed by atoms with Crippen LogP contribution in [0.1, 0.15) is 36.1 Å². The molecular formula is C19H23NO. The lowest BCUT2D eigenvalue weighted by atomic mass is 9.88. The summed E-state index contributed by atoms with van der Waals surface area (Å²) in [5.41, 5.74) is 4.43. The second kappa shape index (κ2) is 5.11. The first-order valence-electron chi connectivity index (χ1n) is 8.12. The molecule has 110 valence electrons. The summed E-state index contributed by atoms with van der Waals surface area (Å²) < 4.78 is 6.04. The van der Waals surface area contributed by atoms with Crippen molar-refractivity contribution in [1.29, 1.82) is 0 Å². The van der Waals surface area contributed by atoms with E-state index < -0.39 is 0 Å². The minimum atomic E-state index is 0.285. The van der Waals surface area contributed by atoms with Crippen LogP contribution in [-0.2, 0) is 17.6 Å². The maximum absolute atomic E-state index is 6.04. The fraction of sp³-hybridized carbons (Fsp3) is 0.474. The average Bonchev–Trinajstić information content (AvgIpc) is 3.11. The zero-order chi connectivity index (χ0) is 14.4. The number of hydrogen-bond acceptors (Lipinski definition) is 2. The highest BCUT2D eigenvalue weighted by atomic mass is 16.5. The molecule has 1 N–H and O–H groups in total. The van der Waals surface area contributed by atoms with Gasteiger partial charge in [-0.05, 0) is 59.7 Å². The molecule has 3 atom stereocenters. The molecule has 0 saturated carbocycles. The van der Waals surface area contributed by atoms with E-state index in [1.165, 1.54) is 46.7 Å². The van der Waals surface area contributed by atoms with Crippen LogP contribution < -0.4 is 5.32 Å². The second-order valence-electron chi connectivity index (χ2n) is 6.52. The molecule has 0 bridgehead atoms. The number of nitrogens with one attached hydrogen (secondary N) is 1. The summed E-state index contributed by atoms with van der Waals surface area (Å²) in [4.78, 5) is 0. The van der Waals surface area contributed by atoms with Crippen molar-refractivity contribution in [2.24, 2.45) is 5.92 Å². The lowest BCUT2D eigenvalue weighted by molar-refractivity contribution is 0.0635. The second-order valence-corrected chi connectivity index (χ2v) is 6.52. The molecule has 2 aromatic carbocycles. The summed E-state index contributed by atoms with van der Waals surface area (Å²) in [6, 6.07) is 11.7. The topological polar surface area (TPSA) is 21.3 Å². The first kappa shape index (κ1) is 13.3. The Labute approximate surface area is 126 Å². The third kappa shape index (κ3) is 2.01. The third-order valence-electron chi connectivity index (χ3n) is 5.33. The average molecular weight is 281 g/mol. The summed E-state index contributed by atoms with van der Waals surface area (Å²) in [6.45, 7) is 3.20. The SMILES string of the molecule is CNC(c1ccc2c3c(cccc13)CC2)C1OCCC1C. The largest absolute Gasteiger partial charge is 0.376 e. The van der Waals surface area contributed by atoms with Crippen molar-refractivity contribution in [3.05, 3.63) is 47.0 Å². The van der Waals surface area contributed by atoms with Gasteiger partial charge < -0.3 is 10.1 Å². The molecule has 21 heavy (non-hydrogen) atoms. The molecule has 1 heterocycles. The molecule has 2 heteroatoms. The van der Waals surface area contributed by atoms with Gasteiger partial charge in [0.2, 0.25) is 0 Å². The van der Waals surface area contributed by atoms with E-state index in [4.69, 9.17) is 4.74 Å². The molecule has 3 unspecified atom stereocenters. The van der Waals surface area contributed by atoms with Gasteiger partial charge in [0.05, 0.1) is 12.1 Å². The van der Waals surface area contributed by atoms with E-state index in [2.05, 4.69) is 49.6 Å². The van der Waals surface area contributed by atoms with Crippen molar-refractivity contribution >= 4 is 10.8 Å². The first-order valence-corrected chi connectivity index (χ1v) is 8.12. The lowest BCUT2D eigenvalue weighted by Crippen LogP contribution is -2.32. The smallest absolute Gasteiger partial charge is 0.0796 e. The fourth-order valence-electron chi connectivity index (χ4n) is 4.18. The van der Waals surface area contributed by atoms with Crippen LogP contribution in [0.25, 0.3) is 10.8 Å². The van der Waals surface area contributed by atoms with E-state index in [-0.39, 0.29) is 12.1 Å². The summed E-state index contributed by atoms with van der Waals surface area (Å²) >= 11 is 0. The Morgan fingerprint density at radius 1 is 1.14 bits per heavy atom. The van der Waals surface area contributed by atoms with Crippen LogP contribution in [0.3, 0.4) is 0 Å². The molecule has 2 aliphatic rings. The molecule has 0 aromatic heterocycles. The Bertz CT molecular complexity index is 668. The summed E-state index contributed by atoms with van der Waals surface area (Å²) in [5.74, 6) is 0.616. The maximum Gasteiger partial charge on any atom is 0.0796 e. The molecule has 0 amide bonds. The Balaban J connectivity index is 1.86. The predicted octanol–water partition coefficient (Wildman–Crippen LogP) is 3.62. The monoisotopic (exact) mass is 281 g/mol. The van der Waals surface area contributed by atoms with Crippen molar-refractivity contribution in [2.45, 2.75) is 38.3 Å². The Kier molecular flexibility index (Phi) is 3.24.